The third-order valence-corrected chi connectivity index (χ3v) is 12.3. The van der Waals surface area contributed by atoms with Gasteiger partial charge in [-0.25, -0.2) is 15.0 Å². The molecule has 4 aliphatic rings. The van der Waals surface area contributed by atoms with Crippen molar-refractivity contribution in [2.75, 3.05) is 0 Å². The Kier molecular flexibility index (Phi) is 6.40. The standard InChI is InChI=1S/C47H37N3O/c1-2-9-33(10-3-1)44-48-45(50-46(49-44)41-15-8-14-39-38-13-6-7-16-42(38)51-43(39)41)40-22-21-35(36-11-4-5-12-37(36)40)32-17-19-34(20-18-32)47-26-29-23-30(27-47)25-31(24-29)28-47/h1-22,29-31H,23-28H2. The second-order valence-corrected chi connectivity index (χ2v) is 15.4. The summed E-state index contributed by atoms with van der Waals surface area (Å²) in [6.07, 6.45) is 8.58. The van der Waals surface area contributed by atoms with Crippen molar-refractivity contribution in [3.05, 3.63) is 139 Å². The van der Waals surface area contributed by atoms with E-state index in [-0.39, 0.29) is 0 Å². The first-order valence-electron chi connectivity index (χ1n) is 18.5. The van der Waals surface area contributed by atoms with Crippen molar-refractivity contribution in [3.8, 4) is 45.3 Å². The molecule has 0 aliphatic heterocycles. The van der Waals surface area contributed by atoms with Crippen LogP contribution in [0.3, 0.4) is 0 Å². The van der Waals surface area contributed by atoms with Crippen molar-refractivity contribution in [2.24, 2.45) is 17.8 Å². The highest BCUT2D eigenvalue weighted by atomic mass is 16.3. The number of fused-ring (bicyclic) bond motifs is 4. The first kappa shape index (κ1) is 29.2. The van der Waals surface area contributed by atoms with Crippen LogP contribution < -0.4 is 0 Å². The normalized spacial score (nSPS) is 22.3. The third kappa shape index (κ3) is 4.69. The fraction of sp³-hybridized carbons (Fsp3) is 0.213. The highest BCUT2D eigenvalue weighted by molar-refractivity contribution is 6.09. The monoisotopic (exact) mass is 659 g/mol. The van der Waals surface area contributed by atoms with Crippen LogP contribution >= 0.6 is 0 Å². The second-order valence-electron chi connectivity index (χ2n) is 15.4. The largest absolute Gasteiger partial charge is 0.455 e. The van der Waals surface area contributed by atoms with Crippen LogP contribution in [-0.4, -0.2) is 15.0 Å². The molecule has 51 heavy (non-hydrogen) atoms. The predicted octanol–water partition coefficient (Wildman–Crippen LogP) is 12.1. The van der Waals surface area contributed by atoms with Crippen LogP contribution in [0.2, 0.25) is 0 Å². The van der Waals surface area contributed by atoms with Gasteiger partial charge in [-0.05, 0) is 107 Å². The van der Waals surface area contributed by atoms with Gasteiger partial charge >= 0.3 is 0 Å². The highest BCUT2D eigenvalue weighted by Crippen LogP contribution is 2.60. The Hall–Kier alpha value is -5.61. The number of hydrogen-bond donors (Lipinski definition) is 0. The topological polar surface area (TPSA) is 51.8 Å². The van der Waals surface area contributed by atoms with E-state index in [9.17, 15) is 0 Å². The summed E-state index contributed by atoms with van der Waals surface area (Å²) in [6.45, 7) is 0. The quantitative estimate of drug-likeness (QED) is 0.184. The predicted molar refractivity (Wildman–Crippen MR) is 206 cm³/mol. The molecule has 4 bridgehead atoms. The minimum absolute atomic E-state index is 0.402. The van der Waals surface area contributed by atoms with Gasteiger partial charge in [0.2, 0.25) is 0 Å². The Balaban J connectivity index is 1.04. The van der Waals surface area contributed by atoms with Crippen molar-refractivity contribution in [2.45, 2.75) is 43.9 Å². The first-order chi connectivity index (χ1) is 25.2. The van der Waals surface area contributed by atoms with Gasteiger partial charge in [-0.15, -0.1) is 0 Å². The lowest BCUT2D eigenvalue weighted by atomic mass is 9.48. The van der Waals surface area contributed by atoms with Crippen LogP contribution in [0.15, 0.2) is 138 Å². The lowest BCUT2D eigenvalue weighted by Crippen LogP contribution is -2.48. The van der Waals surface area contributed by atoms with E-state index in [0.29, 0.717) is 22.9 Å². The Morgan fingerprint density at radius 2 is 1.00 bits per heavy atom. The Bertz CT molecular complexity index is 2580. The van der Waals surface area contributed by atoms with E-state index in [1.807, 2.05) is 42.5 Å². The summed E-state index contributed by atoms with van der Waals surface area (Å²) in [5, 5.41) is 4.45. The summed E-state index contributed by atoms with van der Waals surface area (Å²) in [7, 11) is 0. The molecule has 246 valence electrons. The molecule has 0 saturated heterocycles. The molecule has 4 aliphatic carbocycles. The van der Waals surface area contributed by atoms with Crippen molar-refractivity contribution in [3.63, 3.8) is 0 Å². The highest BCUT2D eigenvalue weighted by Gasteiger charge is 2.51. The van der Waals surface area contributed by atoms with Gasteiger partial charge in [0, 0.05) is 21.9 Å². The summed E-state index contributed by atoms with van der Waals surface area (Å²) >= 11 is 0. The van der Waals surface area contributed by atoms with Crippen molar-refractivity contribution in [1.82, 2.24) is 15.0 Å². The first-order valence-corrected chi connectivity index (χ1v) is 18.5. The van der Waals surface area contributed by atoms with Gasteiger partial charge in [-0.2, -0.15) is 0 Å². The number of para-hydroxylation sites is 2. The molecule has 4 heteroatoms. The Labute approximate surface area is 297 Å². The van der Waals surface area contributed by atoms with Gasteiger partial charge < -0.3 is 4.42 Å². The summed E-state index contributed by atoms with van der Waals surface area (Å²) < 4.78 is 6.44. The van der Waals surface area contributed by atoms with Crippen LogP contribution in [0, 0.1) is 17.8 Å². The second kappa shape index (κ2) is 11.2. The fourth-order valence-electron chi connectivity index (χ4n) is 10.5. The number of aromatic nitrogens is 3. The maximum Gasteiger partial charge on any atom is 0.167 e. The molecule has 0 radical (unpaired) electrons. The molecule has 8 aromatic rings. The minimum Gasteiger partial charge on any atom is -0.455 e. The number of benzene rings is 6. The Morgan fingerprint density at radius 1 is 0.431 bits per heavy atom. The van der Waals surface area contributed by atoms with Crippen molar-refractivity contribution < 1.29 is 4.42 Å². The molecule has 2 heterocycles. The van der Waals surface area contributed by atoms with E-state index in [1.54, 1.807) is 5.56 Å². The molecule has 0 spiro atoms. The van der Waals surface area contributed by atoms with Gasteiger partial charge in [-0.3, -0.25) is 0 Å². The van der Waals surface area contributed by atoms with Crippen LogP contribution in [0.5, 0.6) is 0 Å². The van der Waals surface area contributed by atoms with Crippen LogP contribution in [0.25, 0.3) is 78.0 Å². The number of furan rings is 1. The average Bonchev–Trinajstić information content (AvgIpc) is 3.56. The van der Waals surface area contributed by atoms with E-state index < -0.39 is 0 Å². The summed E-state index contributed by atoms with van der Waals surface area (Å²) in [6, 6.07) is 47.3. The van der Waals surface area contributed by atoms with Gasteiger partial charge in [-0.1, -0.05) is 115 Å². The molecular weight excluding hydrogens is 623 g/mol. The van der Waals surface area contributed by atoms with Gasteiger partial charge in [0.15, 0.2) is 17.5 Å². The average molecular weight is 660 g/mol. The minimum atomic E-state index is 0.402. The van der Waals surface area contributed by atoms with Crippen LogP contribution in [0.1, 0.15) is 44.1 Å². The lowest BCUT2D eigenvalue weighted by Gasteiger charge is -2.57. The molecule has 0 amide bonds. The molecule has 0 unspecified atom stereocenters. The zero-order valence-electron chi connectivity index (χ0n) is 28.4. The number of hydrogen-bond acceptors (Lipinski definition) is 4. The zero-order valence-corrected chi connectivity index (χ0v) is 28.4. The van der Waals surface area contributed by atoms with E-state index in [0.717, 1.165) is 61.8 Å². The van der Waals surface area contributed by atoms with Crippen molar-refractivity contribution >= 4 is 32.7 Å². The summed E-state index contributed by atoms with van der Waals surface area (Å²) in [5.74, 6) is 4.70. The number of rotatable bonds is 5. The van der Waals surface area contributed by atoms with Gasteiger partial charge in [0.05, 0.1) is 5.56 Å². The van der Waals surface area contributed by atoms with E-state index in [2.05, 4.69) is 91.0 Å². The van der Waals surface area contributed by atoms with Crippen molar-refractivity contribution in [1.29, 1.82) is 0 Å². The smallest absolute Gasteiger partial charge is 0.167 e. The van der Waals surface area contributed by atoms with Gasteiger partial charge in [0.1, 0.15) is 11.2 Å². The zero-order chi connectivity index (χ0) is 33.5. The molecule has 4 saturated carbocycles. The molecule has 12 rings (SSSR count). The van der Waals surface area contributed by atoms with Crippen LogP contribution in [0.4, 0.5) is 0 Å². The number of nitrogens with zero attached hydrogens (tertiary/aromatic N) is 3. The van der Waals surface area contributed by atoms with E-state index >= 15 is 0 Å². The molecule has 0 atom stereocenters. The maximum absolute atomic E-state index is 6.44. The fourth-order valence-corrected chi connectivity index (χ4v) is 10.5. The summed E-state index contributed by atoms with van der Waals surface area (Å²) in [5.41, 5.74) is 8.87. The SMILES string of the molecule is c1ccc(-c2nc(-c3ccc(-c4ccc(C56CC7CC(CC(C7)C5)C6)cc4)c4ccccc34)nc(-c3cccc4c3oc3ccccc34)n2)cc1. The molecule has 0 N–H and O–H groups in total. The molecule has 4 fully saturated rings. The third-order valence-electron chi connectivity index (χ3n) is 12.3. The van der Waals surface area contributed by atoms with E-state index in [1.165, 1.54) is 55.0 Å². The lowest BCUT2D eigenvalue weighted by molar-refractivity contribution is -0.00518. The molecule has 2 aromatic heterocycles. The van der Waals surface area contributed by atoms with Gasteiger partial charge in [0.25, 0.3) is 0 Å². The molecule has 4 nitrogen and oxygen atoms in total. The molecule has 6 aromatic carbocycles. The Morgan fingerprint density at radius 3 is 1.73 bits per heavy atom. The van der Waals surface area contributed by atoms with Crippen LogP contribution in [-0.2, 0) is 5.41 Å². The maximum atomic E-state index is 6.44. The van der Waals surface area contributed by atoms with E-state index in [4.69, 9.17) is 19.4 Å². The molecular formula is C47H37N3O. The summed E-state index contributed by atoms with van der Waals surface area (Å²) in [4.78, 5) is 15.4.